The second kappa shape index (κ2) is 7.91. The van der Waals surface area contributed by atoms with E-state index in [9.17, 15) is 17.6 Å². The van der Waals surface area contributed by atoms with Crippen LogP contribution in [0.4, 0.5) is 10.1 Å². The van der Waals surface area contributed by atoms with Crippen molar-refractivity contribution in [2.24, 2.45) is 0 Å². The molecule has 0 spiro atoms. The maximum atomic E-state index is 13.6. The Morgan fingerprint density at radius 1 is 1.11 bits per heavy atom. The zero-order valence-electron chi connectivity index (χ0n) is 16.3. The largest absolute Gasteiger partial charge is 0.348 e. The van der Waals surface area contributed by atoms with E-state index in [1.807, 2.05) is 13.0 Å². The van der Waals surface area contributed by atoms with Gasteiger partial charge in [0.05, 0.1) is 18.0 Å². The Morgan fingerprint density at radius 2 is 1.82 bits per heavy atom. The minimum atomic E-state index is -3.78. The summed E-state index contributed by atoms with van der Waals surface area (Å²) in [4.78, 5) is 12.8. The summed E-state index contributed by atoms with van der Waals surface area (Å²) in [5, 5.41) is 2.89. The molecule has 2 aromatic rings. The minimum Gasteiger partial charge on any atom is -0.348 e. The van der Waals surface area contributed by atoms with Crippen molar-refractivity contribution >= 4 is 21.6 Å². The molecule has 0 aromatic heterocycles. The van der Waals surface area contributed by atoms with Crippen molar-refractivity contribution in [1.82, 2.24) is 5.32 Å². The summed E-state index contributed by atoms with van der Waals surface area (Å²) in [6.45, 7) is 3.37. The third-order valence-electron chi connectivity index (χ3n) is 5.13. The zero-order chi connectivity index (χ0) is 20.5. The van der Waals surface area contributed by atoms with E-state index in [0.29, 0.717) is 0 Å². The first-order valence-electron chi connectivity index (χ1n) is 9.34. The molecule has 5 nitrogen and oxygen atoms in total. The molecule has 150 valence electrons. The van der Waals surface area contributed by atoms with Gasteiger partial charge in [0.2, 0.25) is 15.9 Å². The van der Waals surface area contributed by atoms with Crippen molar-refractivity contribution in [3.05, 3.63) is 65.0 Å². The van der Waals surface area contributed by atoms with Gasteiger partial charge in [0.1, 0.15) is 11.9 Å². The maximum absolute atomic E-state index is 13.6. The molecule has 2 aromatic carbocycles. The molecule has 0 aliphatic heterocycles. The van der Waals surface area contributed by atoms with Gasteiger partial charge in [0.15, 0.2) is 0 Å². The van der Waals surface area contributed by atoms with Gasteiger partial charge in [0, 0.05) is 0 Å². The summed E-state index contributed by atoms with van der Waals surface area (Å²) >= 11 is 0. The van der Waals surface area contributed by atoms with Crippen LogP contribution in [-0.2, 0) is 27.7 Å². The van der Waals surface area contributed by atoms with Crippen molar-refractivity contribution in [2.45, 2.75) is 45.2 Å². The Morgan fingerprint density at radius 3 is 2.50 bits per heavy atom. The van der Waals surface area contributed by atoms with Crippen LogP contribution in [0.5, 0.6) is 0 Å². The Bertz CT molecular complexity index is 991. The van der Waals surface area contributed by atoms with E-state index in [1.54, 1.807) is 0 Å². The molecule has 0 saturated carbocycles. The summed E-state index contributed by atoms with van der Waals surface area (Å²) in [6.07, 6.45) is 4.28. The average Bonchev–Trinajstić information content (AvgIpc) is 3.08. The van der Waals surface area contributed by atoms with Gasteiger partial charge in [-0.05, 0) is 68.0 Å². The molecule has 0 saturated heterocycles. The highest BCUT2D eigenvalue weighted by Gasteiger charge is 2.30. The fourth-order valence-corrected chi connectivity index (χ4v) is 4.87. The van der Waals surface area contributed by atoms with E-state index in [-0.39, 0.29) is 11.7 Å². The van der Waals surface area contributed by atoms with Crippen molar-refractivity contribution < 1.29 is 17.6 Å². The lowest BCUT2D eigenvalue weighted by molar-refractivity contribution is -0.122. The van der Waals surface area contributed by atoms with Crippen LogP contribution in [0.2, 0.25) is 0 Å². The molecule has 7 heteroatoms. The van der Waals surface area contributed by atoms with Gasteiger partial charge in [-0.25, -0.2) is 12.8 Å². The molecule has 0 unspecified atom stereocenters. The summed E-state index contributed by atoms with van der Waals surface area (Å²) in [6, 6.07) is 10.1. The number of rotatable bonds is 6. The fraction of sp³-hybridized carbons (Fsp3) is 0.381. The first-order valence-corrected chi connectivity index (χ1v) is 11.2. The molecule has 1 amide bonds. The average molecular weight is 405 g/mol. The van der Waals surface area contributed by atoms with E-state index in [1.165, 1.54) is 36.2 Å². The van der Waals surface area contributed by atoms with Crippen molar-refractivity contribution in [2.75, 3.05) is 10.6 Å². The Kier molecular flexibility index (Phi) is 5.74. The molecule has 0 fully saturated rings. The monoisotopic (exact) mass is 404 g/mol. The van der Waals surface area contributed by atoms with Crippen molar-refractivity contribution in [1.29, 1.82) is 0 Å². The van der Waals surface area contributed by atoms with E-state index in [0.717, 1.165) is 41.5 Å². The first kappa shape index (κ1) is 20.3. The van der Waals surface area contributed by atoms with E-state index >= 15 is 0 Å². The number of halogens is 1. The summed E-state index contributed by atoms with van der Waals surface area (Å²) in [5.74, 6) is -1.01. The third-order valence-corrected chi connectivity index (χ3v) is 6.37. The van der Waals surface area contributed by atoms with Gasteiger partial charge < -0.3 is 5.32 Å². The molecule has 2 atom stereocenters. The summed E-state index contributed by atoms with van der Waals surface area (Å²) in [5.41, 5.74) is 3.77. The standard InChI is InChI=1S/C21H25FN2O3S/c1-14(17-11-10-16-6-4-7-18(16)12-17)23-21(25)15(2)24(28(3,26)27)20-9-5-8-19(22)13-20/h5,8-15H,4,6-7H2,1-3H3,(H,23,25)/t14-,15-/m1/s1. The number of amides is 1. The van der Waals surface area contributed by atoms with Crippen molar-refractivity contribution in [3.63, 3.8) is 0 Å². The number of carbonyl (C=O) groups excluding carboxylic acids is 1. The highest BCUT2D eigenvalue weighted by molar-refractivity contribution is 7.92. The van der Waals surface area contributed by atoms with Gasteiger partial charge in [-0.1, -0.05) is 24.3 Å². The minimum absolute atomic E-state index is 0.121. The Hall–Kier alpha value is -2.41. The summed E-state index contributed by atoms with van der Waals surface area (Å²) in [7, 11) is -3.78. The molecule has 1 N–H and O–H groups in total. The fourth-order valence-electron chi connectivity index (χ4n) is 3.70. The number of carbonyl (C=O) groups is 1. The molecule has 0 heterocycles. The topological polar surface area (TPSA) is 66.5 Å². The lowest BCUT2D eigenvalue weighted by Crippen LogP contribution is -2.48. The maximum Gasteiger partial charge on any atom is 0.244 e. The van der Waals surface area contributed by atoms with Crippen LogP contribution in [0.3, 0.4) is 0 Å². The predicted molar refractivity (Wildman–Crippen MR) is 108 cm³/mol. The van der Waals surface area contributed by atoms with Crippen LogP contribution in [0.15, 0.2) is 42.5 Å². The van der Waals surface area contributed by atoms with Gasteiger partial charge in [0.25, 0.3) is 0 Å². The van der Waals surface area contributed by atoms with E-state index < -0.39 is 27.8 Å². The van der Waals surface area contributed by atoms with Gasteiger partial charge >= 0.3 is 0 Å². The van der Waals surface area contributed by atoms with E-state index in [4.69, 9.17) is 0 Å². The Balaban J connectivity index is 1.79. The normalized spacial score (nSPS) is 15.6. The lowest BCUT2D eigenvalue weighted by atomic mass is 10.0. The van der Waals surface area contributed by atoms with Crippen LogP contribution < -0.4 is 9.62 Å². The third kappa shape index (κ3) is 4.35. The molecule has 0 bridgehead atoms. The second-order valence-electron chi connectivity index (χ2n) is 7.33. The highest BCUT2D eigenvalue weighted by atomic mass is 32.2. The number of hydrogen-bond donors (Lipinski definition) is 1. The lowest BCUT2D eigenvalue weighted by Gasteiger charge is -2.29. The van der Waals surface area contributed by atoms with E-state index in [2.05, 4.69) is 17.4 Å². The number of nitrogens with zero attached hydrogens (tertiary/aromatic N) is 1. The molecule has 1 aliphatic carbocycles. The summed E-state index contributed by atoms with van der Waals surface area (Å²) < 4.78 is 39.1. The molecular formula is C21H25FN2O3S. The first-order chi connectivity index (χ1) is 13.2. The smallest absolute Gasteiger partial charge is 0.244 e. The molecular weight excluding hydrogens is 379 g/mol. The van der Waals surface area contributed by atoms with Gasteiger partial charge in [-0.2, -0.15) is 0 Å². The highest BCUT2D eigenvalue weighted by Crippen LogP contribution is 2.26. The van der Waals surface area contributed by atoms with Crippen LogP contribution in [0, 0.1) is 5.82 Å². The number of hydrogen-bond acceptors (Lipinski definition) is 3. The number of nitrogens with one attached hydrogen (secondary N) is 1. The van der Waals surface area contributed by atoms with Crippen LogP contribution in [0.25, 0.3) is 0 Å². The number of benzene rings is 2. The molecule has 1 aliphatic rings. The molecule has 0 radical (unpaired) electrons. The number of fused-ring (bicyclic) bond motifs is 1. The zero-order valence-corrected chi connectivity index (χ0v) is 17.1. The molecule has 28 heavy (non-hydrogen) atoms. The number of sulfonamides is 1. The quantitative estimate of drug-likeness (QED) is 0.803. The predicted octanol–water partition coefficient (Wildman–Crippen LogP) is 3.35. The van der Waals surface area contributed by atoms with Crippen molar-refractivity contribution in [3.8, 4) is 0 Å². The molecule has 3 rings (SSSR count). The van der Waals surface area contributed by atoms with Crippen LogP contribution in [-0.4, -0.2) is 26.6 Å². The van der Waals surface area contributed by atoms with Crippen LogP contribution >= 0.6 is 0 Å². The SMILES string of the molecule is C[C@H](C(=O)N[C@H](C)c1ccc2c(c1)CCC2)N(c1cccc(F)c1)S(C)(=O)=O. The van der Waals surface area contributed by atoms with Gasteiger partial charge in [-0.15, -0.1) is 0 Å². The second-order valence-corrected chi connectivity index (χ2v) is 9.19. The van der Waals surface area contributed by atoms with Gasteiger partial charge in [-0.3, -0.25) is 9.10 Å². The van der Waals surface area contributed by atoms with Crippen LogP contribution in [0.1, 0.15) is 43.0 Å². The Labute approximate surface area is 165 Å². The number of aryl methyl sites for hydroxylation is 2. The number of anilines is 1.